The Bertz CT molecular complexity index is 1260. The van der Waals surface area contributed by atoms with Gasteiger partial charge in [0.25, 0.3) is 5.91 Å². The number of hydrogen-bond acceptors (Lipinski definition) is 8. The third-order valence-electron chi connectivity index (χ3n) is 4.70. The number of benzene rings is 1. The molecule has 3 aromatic heterocycles. The predicted molar refractivity (Wildman–Crippen MR) is 114 cm³/mol. The van der Waals surface area contributed by atoms with Crippen LogP contribution in [0.5, 0.6) is 0 Å². The molecule has 0 saturated carbocycles. The van der Waals surface area contributed by atoms with Crippen LogP contribution < -0.4 is 16.0 Å². The summed E-state index contributed by atoms with van der Waals surface area (Å²) in [6.07, 6.45) is 1.38. The first-order chi connectivity index (χ1) is 14.1. The molecule has 1 amide bonds. The zero-order valence-electron chi connectivity index (χ0n) is 14.9. The van der Waals surface area contributed by atoms with Gasteiger partial charge in [-0.25, -0.2) is 15.0 Å². The standard InChI is InChI=1S/C19H15ClN6O2S/c20-13-5-15(23-8-22-13)26-14-4-1-10-11(25-14)2-3-12-16(10)17-18(29-12)19(28)24-9(7-27)6-21-17/h1-5,8-9,21,27H,6-7H2,(H,24,28)(H,22,23,25,26)/t9-/m0/s1. The van der Waals surface area contributed by atoms with E-state index in [2.05, 4.69) is 30.9 Å². The van der Waals surface area contributed by atoms with Gasteiger partial charge in [-0.2, -0.15) is 0 Å². The summed E-state index contributed by atoms with van der Waals surface area (Å²) in [5, 5.41) is 20.9. The number of nitrogens with one attached hydrogen (secondary N) is 3. The van der Waals surface area contributed by atoms with Gasteiger partial charge in [0.1, 0.15) is 28.0 Å². The second-order valence-corrected chi connectivity index (χ2v) is 8.03. The molecule has 0 saturated heterocycles. The highest BCUT2D eigenvalue weighted by Gasteiger charge is 2.26. The summed E-state index contributed by atoms with van der Waals surface area (Å²) in [7, 11) is 0. The fourth-order valence-electron chi connectivity index (χ4n) is 3.37. The number of carbonyl (C=O) groups excluding carboxylic acids is 1. The van der Waals surface area contributed by atoms with Gasteiger partial charge in [0, 0.05) is 28.1 Å². The molecule has 8 nitrogen and oxygen atoms in total. The van der Waals surface area contributed by atoms with E-state index in [1.54, 1.807) is 6.07 Å². The number of rotatable bonds is 3. The smallest absolute Gasteiger partial charge is 0.263 e. The van der Waals surface area contributed by atoms with Crippen LogP contribution in [0.1, 0.15) is 9.67 Å². The van der Waals surface area contributed by atoms with Crippen molar-refractivity contribution in [2.45, 2.75) is 6.04 Å². The molecule has 0 radical (unpaired) electrons. The van der Waals surface area contributed by atoms with Gasteiger partial charge in [-0.3, -0.25) is 4.79 Å². The molecule has 4 N–H and O–H groups in total. The van der Waals surface area contributed by atoms with Gasteiger partial charge in [-0.1, -0.05) is 11.6 Å². The molecule has 0 spiro atoms. The van der Waals surface area contributed by atoms with Crippen LogP contribution in [-0.2, 0) is 0 Å². The topological polar surface area (TPSA) is 112 Å². The van der Waals surface area contributed by atoms with Crippen LogP contribution in [0.3, 0.4) is 0 Å². The molecule has 1 aromatic carbocycles. The first-order valence-corrected chi connectivity index (χ1v) is 10.1. The Balaban J connectivity index is 1.59. The molecule has 0 unspecified atom stereocenters. The SMILES string of the molecule is O=C1N[C@H](CO)CNc2c1sc1ccc3nc(Nc4cc(Cl)ncn4)ccc3c21. The number of thiophene rings is 1. The summed E-state index contributed by atoms with van der Waals surface area (Å²) < 4.78 is 0.998. The Morgan fingerprint density at radius 3 is 2.97 bits per heavy atom. The number of pyridine rings is 1. The zero-order valence-corrected chi connectivity index (χ0v) is 16.5. The van der Waals surface area contributed by atoms with Crippen LogP contribution in [0, 0.1) is 0 Å². The molecule has 5 rings (SSSR count). The molecule has 0 aliphatic carbocycles. The normalized spacial score (nSPS) is 16.2. The monoisotopic (exact) mass is 426 g/mol. The Morgan fingerprint density at radius 2 is 2.14 bits per heavy atom. The molecule has 1 atom stereocenters. The summed E-state index contributed by atoms with van der Waals surface area (Å²) >= 11 is 7.33. The highest BCUT2D eigenvalue weighted by atomic mass is 35.5. The molecule has 0 bridgehead atoms. The first kappa shape index (κ1) is 18.0. The van der Waals surface area contributed by atoms with Crippen LogP contribution in [-0.4, -0.2) is 45.2 Å². The average Bonchev–Trinajstić information content (AvgIpc) is 3.02. The van der Waals surface area contributed by atoms with Crippen LogP contribution in [0.25, 0.3) is 21.0 Å². The lowest BCUT2D eigenvalue weighted by Gasteiger charge is -2.12. The van der Waals surface area contributed by atoms with Crippen molar-refractivity contribution in [1.82, 2.24) is 20.3 Å². The van der Waals surface area contributed by atoms with Gasteiger partial charge in [-0.15, -0.1) is 11.3 Å². The Kier molecular flexibility index (Phi) is 4.42. The van der Waals surface area contributed by atoms with Crippen LogP contribution in [0.2, 0.25) is 5.15 Å². The number of fused-ring (bicyclic) bond motifs is 5. The van der Waals surface area contributed by atoms with Gasteiger partial charge >= 0.3 is 0 Å². The van der Waals surface area contributed by atoms with Gasteiger partial charge in [0.05, 0.1) is 23.9 Å². The maximum atomic E-state index is 12.6. The quantitative estimate of drug-likeness (QED) is 0.372. The summed E-state index contributed by atoms with van der Waals surface area (Å²) in [5.74, 6) is 1.000. The lowest BCUT2D eigenvalue weighted by molar-refractivity contribution is 0.0928. The maximum absolute atomic E-state index is 12.6. The van der Waals surface area contributed by atoms with Gasteiger partial charge < -0.3 is 21.1 Å². The van der Waals surface area contributed by atoms with Crippen LogP contribution in [0.15, 0.2) is 36.7 Å². The van der Waals surface area contributed by atoms with E-state index in [1.165, 1.54) is 17.7 Å². The molecule has 4 aromatic rings. The van der Waals surface area contributed by atoms with Crippen molar-refractivity contribution < 1.29 is 9.90 Å². The van der Waals surface area contributed by atoms with E-state index in [-0.39, 0.29) is 18.6 Å². The minimum absolute atomic E-state index is 0.115. The zero-order chi connectivity index (χ0) is 20.0. The van der Waals surface area contributed by atoms with Crippen molar-refractivity contribution in [3.63, 3.8) is 0 Å². The lowest BCUT2D eigenvalue weighted by Crippen LogP contribution is -2.39. The Morgan fingerprint density at radius 1 is 1.24 bits per heavy atom. The van der Waals surface area contributed by atoms with E-state index < -0.39 is 0 Å². The number of anilines is 3. The fraction of sp³-hybridized carbons (Fsp3) is 0.158. The van der Waals surface area contributed by atoms with E-state index in [1.807, 2.05) is 24.3 Å². The molecule has 29 heavy (non-hydrogen) atoms. The van der Waals surface area contributed by atoms with Crippen molar-refractivity contribution >= 4 is 67.2 Å². The summed E-state index contributed by atoms with van der Waals surface area (Å²) in [6.45, 7) is 0.342. The Hall–Kier alpha value is -3.01. The van der Waals surface area contributed by atoms with Gasteiger partial charge in [-0.05, 0) is 24.3 Å². The molecular weight excluding hydrogens is 412 g/mol. The minimum Gasteiger partial charge on any atom is -0.394 e. The second kappa shape index (κ2) is 7.11. The highest BCUT2D eigenvalue weighted by Crippen LogP contribution is 2.41. The Labute approximate surface area is 174 Å². The second-order valence-electron chi connectivity index (χ2n) is 6.59. The summed E-state index contributed by atoms with van der Waals surface area (Å²) in [5.41, 5.74) is 1.57. The van der Waals surface area contributed by atoms with E-state index in [4.69, 9.17) is 11.6 Å². The van der Waals surface area contributed by atoms with Gasteiger partial charge in [0.2, 0.25) is 0 Å². The average molecular weight is 427 g/mol. The van der Waals surface area contributed by atoms with Crippen molar-refractivity contribution in [3.05, 3.63) is 46.7 Å². The number of halogens is 1. The third-order valence-corrected chi connectivity index (χ3v) is 6.06. The van der Waals surface area contributed by atoms with Crippen LogP contribution in [0.4, 0.5) is 17.3 Å². The number of nitrogens with zero attached hydrogens (tertiary/aromatic N) is 3. The van der Waals surface area contributed by atoms with E-state index in [0.717, 1.165) is 26.7 Å². The largest absolute Gasteiger partial charge is 0.394 e. The third kappa shape index (κ3) is 3.23. The van der Waals surface area contributed by atoms with Gasteiger partial charge in [0.15, 0.2) is 0 Å². The lowest BCUT2D eigenvalue weighted by atomic mass is 10.1. The number of hydrogen-bond donors (Lipinski definition) is 4. The first-order valence-electron chi connectivity index (χ1n) is 8.89. The van der Waals surface area contributed by atoms with E-state index >= 15 is 0 Å². The molecule has 146 valence electrons. The highest BCUT2D eigenvalue weighted by molar-refractivity contribution is 7.21. The molecule has 4 heterocycles. The number of aromatic nitrogens is 3. The maximum Gasteiger partial charge on any atom is 0.263 e. The number of aliphatic hydroxyl groups excluding tert-OH is 1. The molecular formula is C19H15ClN6O2S. The van der Waals surface area contributed by atoms with Crippen molar-refractivity contribution in [1.29, 1.82) is 0 Å². The number of aliphatic hydroxyl groups is 1. The van der Waals surface area contributed by atoms with Crippen LogP contribution >= 0.6 is 22.9 Å². The minimum atomic E-state index is -0.319. The number of amides is 1. The molecule has 1 aliphatic rings. The fourth-order valence-corrected chi connectivity index (χ4v) is 4.62. The van der Waals surface area contributed by atoms with E-state index in [9.17, 15) is 9.90 Å². The molecule has 10 heteroatoms. The van der Waals surface area contributed by atoms with Crippen molar-refractivity contribution in [3.8, 4) is 0 Å². The van der Waals surface area contributed by atoms with E-state index in [0.29, 0.717) is 28.2 Å². The molecule has 1 aliphatic heterocycles. The van der Waals surface area contributed by atoms with Crippen molar-refractivity contribution in [2.75, 3.05) is 23.8 Å². The molecule has 0 fully saturated rings. The summed E-state index contributed by atoms with van der Waals surface area (Å²) in [4.78, 5) is 25.8. The van der Waals surface area contributed by atoms with Crippen molar-refractivity contribution in [2.24, 2.45) is 0 Å². The predicted octanol–water partition coefficient (Wildman–Crippen LogP) is 3.15. The summed E-state index contributed by atoms with van der Waals surface area (Å²) in [6, 6.07) is 9.02. The number of carbonyl (C=O) groups is 1.